The highest BCUT2D eigenvalue weighted by atomic mass is 16.7. The summed E-state index contributed by atoms with van der Waals surface area (Å²) in [4.78, 5) is 13.3. The molecule has 84 heavy (non-hydrogen) atoms. The van der Waals surface area contributed by atoms with E-state index in [0.29, 0.717) is 12.8 Å². The Bertz CT molecular complexity index is 1550. The summed E-state index contributed by atoms with van der Waals surface area (Å²) in [5.41, 5.74) is 0. The molecule has 0 spiro atoms. The second-order valence-electron chi connectivity index (χ2n) is 25.0. The largest absolute Gasteiger partial charge is 0.394 e. The maximum atomic E-state index is 13.3. The summed E-state index contributed by atoms with van der Waals surface area (Å²) >= 11 is 0. The molecular formula is C70H131NO13. The number of aliphatic hydroxyl groups excluding tert-OH is 8. The van der Waals surface area contributed by atoms with Crippen LogP contribution in [0.4, 0.5) is 0 Å². The minimum atomic E-state index is -1.79. The average Bonchev–Trinajstić information content (AvgIpc) is 3.62. The second kappa shape index (κ2) is 55.3. The van der Waals surface area contributed by atoms with E-state index in [4.69, 9.17) is 18.9 Å². The number of aliphatic hydroxyl groups is 8. The van der Waals surface area contributed by atoms with Gasteiger partial charge in [0.2, 0.25) is 5.91 Å². The summed E-state index contributed by atoms with van der Waals surface area (Å²) in [6, 6.07) is -0.937. The van der Waals surface area contributed by atoms with E-state index in [2.05, 4.69) is 43.5 Å². The lowest BCUT2D eigenvalue weighted by Crippen LogP contribution is -2.65. The smallest absolute Gasteiger partial charge is 0.220 e. The maximum Gasteiger partial charge on any atom is 0.220 e. The van der Waals surface area contributed by atoms with Crippen LogP contribution in [0.1, 0.15) is 309 Å². The molecule has 0 aliphatic carbocycles. The first kappa shape index (κ1) is 78.3. The molecule has 0 saturated carbocycles. The van der Waals surface area contributed by atoms with E-state index >= 15 is 0 Å². The third-order valence-corrected chi connectivity index (χ3v) is 17.3. The maximum absolute atomic E-state index is 13.3. The van der Waals surface area contributed by atoms with Crippen LogP contribution in [0.5, 0.6) is 0 Å². The van der Waals surface area contributed by atoms with Crippen molar-refractivity contribution in [2.45, 2.75) is 383 Å². The first-order chi connectivity index (χ1) is 41.1. The van der Waals surface area contributed by atoms with Crippen LogP contribution in [0.25, 0.3) is 0 Å². The van der Waals surface area contributed by atoms with E-state index in [9.17, 15) is 45.6 Å². The fraction of sp³-hybridized carbons (Fsp3) is 0.900. The molecule has 0 aromatic heterocycles. The Morgan fingerprint density at radius 1 is 0.417 bits per heavy atom. The molecule has 2 aliphatic heterocycles. The number of hydrogen-bond acceptors (Lipinski definition) is 13. The van der Waals surface area contributed by atoms with Gasteiger partial charge in [-0.25, -0.2) is 0 Å². The number of rotatable bonds is 58. The number of amides is 1. The van der Waals surface area contributed by atoms with Crippen LogP contribution in [0.15, 0.2) is 36.5 Å². The molecule has 0 bridgehead atoms. The Balaban J connectivity index is 1.69. The van der Waals surface area contributed by atoms with Gasteiger partial charge in [-0.1, -0.05) is 294 Å². The van der Waals surface area contributed by atoms with Crippen LogP contribution < -0.4 is 5.32 Å². The molecule has 2 saturated heterocycles. The number of ether oxygens (including phenoxy) is 4. The van der Waals surface area contributed by atoms with Gasteiger partial charge >= 0.3 is 0 Å². The van der Waals surface area contributed by atoms with Crippen LogP contribution in [0.2, 0.25) is 0 Å². The summed E-state index contributed by atoms with van der Waals surface area (Å²) < 4.78 is 22.8. The lowest BCUT2D eigenvalue weighted by atomic mass is 9.97. The Morgan fingerprint density at radius 3 is 1.17 bits per heavy atom. The van der Waals surface area contributed by atoms with E-state index in [1.165, 1.54) is 231 Å². The molecule has 1 amide bonds. The molecular weight excluding hydrogens is 1060 g/mol. The van der Waals surface area contributed by atoms with E-state index in [-0.39, 0.29) is 18.9 Å². The number of carbonyl (C=O) groups excluding carboxylic acids is 1. The fourth-order valence-corrected chi connectivity index (χ4v) is 11.7. The van der Waals surface area contributed by atoms with Crippen LogP contribution in [0.3, 0.4) is 0 Å². The first-order valence-electron chi connectivity index (χ1n) is 35.2. The van der Waals surface area contributed by atoms with Gasteiger partial charge in [0, 0.05) is 6.42 Å². The van der Waals surface area contributed by atoms with Gasteiger partial charge in [-0.3, -0.25) is 4.79 Å². The molecule has 14 heteroatoms. The molecule has 12 unspecified atom stereocenters. The lowest BCUT2D eigenvalue weighted by Gasteiger charge is -2.46. The van der Waals surface area contributed by atoms with Crippen molar-refractivity contribution in [1.82, 2.24) is 5.32 Å². The Labute approximate surface area is 512 Å². The van der Waals surface area contributed by atoms with Crippen LogP contribution in [-0.2, 0) is 23.7 Å². The quantitative estimate of drug-likeness (QED) is 0.0204. The van der Waals surface area contributed by atoms with Crippen LogP contribution in [0, 0.1) is 0 Å². The Morgan fingerprint density at radius 2 is 0.762 bits per heavy atom. The standard InChI is InChI=1S/C70H131NO13/c1-3-5-7-9-11-13-15-17-19-21-23-25-27-28-29-30-31-32-34-36-38-40-42-44-46-48-50-52-54-62(75)71-58(57-81-69-67(80)65(78)68(61(56-73)83-69)84-70-66(79)64(77)63(76)60(55-72)82-70)59(74)53-51-49-47-45-43-41-39-37-35-33-26-24-22-20-18-16-14-12-10-8-6-4-2/h35,37,43,45,51,53,58-61,63-70,72-74,76-80H,3-34,36,38-42,44,46-50,52,54-57H2,1-2H3,(H,71,75)/b37-35+,45-43+,53-51+. The van der Waals surface area contributed by atoms with Gasteiger partial charge in [0.25, 0.3) is 0 Å². The average molecular weight is 1190 g/mol. The van der Waals surface area contributed by atoms with Crippen molar-refractivity contribution >= 4 is 5.91 Å². The van der Waals surface area contributed by atoms with E-state index < -0.39 is 86.8 Å². The SMILES string of the molecule is CCCCCCCCCCCCCC/C=C/CC/C=C/CC/C=C/C(O)C(COC1OC(CO)C(OC2OC(CO)C(O)C(O)C2O)C(O)C1O)NC(=O)CCCCCCCCCCCCCCCCCCCCCCCCCCCCCC. The zero-order valence-electron chi connectivity index (χ0n) is 53.7. The lowest BCUT2D eigenvalue weighted by molar-refractivity contribution is -0.359. The summed E-state index contributed by atoms with van der Waals surface area (Å²) in [7, 11) is 0. The minimum Gasteiger partial charge on any atom is -0.394 e. The number of carbonyl (C=O) groups is 1. The molecule has 9 N–H and O–H groups in total. The van der Waals surface area contributed by atoms with Crippen molar-refractivity contribution < 1.29 is 64.6 Å². The minimum absolute atomic E-state index is 0.247. The predicted octanol–water partition coefficient (Wildman–Crippen LogP) is 14.1. The topological polar surface area (TPSA) is 228 Å². The molecule has 12 atom stereocenters. The molecule has 0 radical (unpaired) electrons. The van der Waals surface area contributed by atoms with Gasteiger partial charge in [-0.2, -0.15) is 0 Å². The molecule has 14 nitrogen and oxygen atoms in total. The Kier molecular flexibility index (Phi) is 51.5. The zero-order chi connectivity index (χ0) is 60.9. The summed E-state index contributed by atoms with van der Waals surface area (Å²) in [6.45, 7) is 2.82. The molecule has 0 aromatic carbocycles. The Hall–Kier alpha value is -1.79. The van der Waals surface area contributed by atoms with Gasteiger partial charge in [0.1, 0.15) is 48.8 Å². The third-order valence-electron chi connectivity index (χ3n) is 17.3. The van der Waals surface area contributed by atoms with E-state index in [1.807, 2.05) is 6.08 Å². The molecule has 494 valence electrons. The highest BCUT2D eigenvalue weighted by molar-refractivity contribution is 5.76. The van der Waals surface area contributed by atoms with Crippen molar-refractivity contribution in [3.05, 3.63) is 36.5 Å². The zero-order valence-corrected chi connectivity index (χ0v) is 53.7. The van der Waals surface area contributed by atoms with Crippen molar-refractivity contribution in [3.8, 4) is 0 Å². The molecule has 2 heterocycles. The summed E-state index contributed by atoms with van der Waals surface area (Å²) in [5, 5.41) is 87.4. The number of hydrogen-bond donors (Lipinski definition) is 9. The number of allylic oxidation sites excluding steroid dienone is 5. The van der Waals surface area contributed by atoms with E-state index in [0.717, 1.165) is 44.9 Å². The highest BCUT2D eigenvalue weighted by Crippen LogP contribution is 2.30. The summed E-state index contributed by atoms with van der Waals surface area (Å²) in [6.07, 6.45) is 53.5. The molecule has 0 aromatic rings. The highest BCUT2D eigenvalue weighted by Gasteiger charge is 2.51. The van der Waals surface area contributed by atoms with Crippen molar-refractivity contribution in [2.24, 2.45) is 0 Å². The van der Waals surface area contributed by atoms with Crippen LogP contribution >= 0.6 is 0 Å². The third kappa shape index (κ3) is 39.3. The van der Waals surface area contributed by atoms with Gasteiger partial charge in [0.05, 0.1) is 32.0 Å². The molecule has 2 aliphatic rings. The predicted molar refractivity (Wildman–Crippen MR) is 341 cm³/mol. The van der Waals surface area contributed by atoms with Gasteiger partial charge in [-0.15, -0.1) is 0 Å². The monoisotopic (exact) mass is 1190 g/mol. The van der Waals surface area contributed by atoms with Crippen molar-refractivity contribution in [2.75, 3.05) is 19.8 Å². The van der Waals surface area contributed by atoms with Crippen LogP contribution in [-0.4, -0.2) is 140 Å². The number of unbranched alkanes of at least 4 members (excludes halogenated alkanes) is 41. The summed E-state index contributed by atoms with van der Waals surface area (Å²) in [5.74, 6) is -0.247. The van der Waals surface area contributed by atoms with Gasteiger partial charge in [-0.05, 0) is 44.9 Å². The first-order valence-corrected chi connectivity index (χ1v) is 35.2. The van der Waals surface area contributed by atoms with Crippen molar-refractivity contribution in [3.63, 3.8) is 0 Å². The van der Waals surface area contributed by atoms with Gasteiger partial charge in [0.15, 0.2) is 12.6 Å². The normalized spacial score (nSPS) is 23.8. The fourth-order valence-electron chi connectivity index (χ4n) is 11.7. The van der Waals surface area contributed by atoms with E-state index in [1.54, 1.807) is 6.08 Å². The second-order valence-corrected chi connectivity index (χ2v) is 25.0. The number of nitrogens with one attached hydrogen (secondary N) is 1. The van der Waals surface area contributed by atoms with Crippen molar-refractivity contribution in [1.29, 1.82) is 0 Å². The molecule has 2 fully saturated rings. The molecule has 2 rings (SSSR count). The van der Waals surface area contributed by atoms with Gasteiger partial charge < -0.3 is 65.1 Å².